The van der Waals surface area contributed by atoms with Gasteiger partial charge in [-0.1, -0.05) is 305 Å². The zero-order valence-corrected chi connectivity index (χ0v) is 75.9. The summed E-state index contributed by atoms with van der Waals surface area (Å²) >= 11 is 0. The van der Waals surface area contributed by atoms with Crippen LogP contribution in [0.3, 0.4) is 0 Å². The minimum Gasteiger partial charge on any atom is -0.507 e. The van der Waals surface area contributed by atoms with Crippen molar-refractivity contribution in [3.63, 3.8) is 0 Å². The van der Waals surface area contributed by atoms with Gasteiger partial charge in [-0.2, -0.15) is 0 Å². The highest BCUT2D eigenvalue weighted by atomic mass is 31.1. The Bertz CT molecular complexity index is 5320. The second-order valence-electron chi connectivity index (χ2n) is 29.5. The van der Waals surface area contributed by atoms with Crippen molar-refractivity contribution < 1.29 is 30.6 Å². The Morgan fingerprint density at radius 1 is 0.233 bits per heavy atom. The number of aromatic hydroxyl groups is 6. The molecule has 0 heterocycles. The first-order valence-electron chi connectivity index (χ1n) is 38.0. The van der Waals surface area contributed by atoms with Gasteiger partial charge in [0.25, 0.3) is 0 Å². The van der Waals surface area contributed by atoms with Gasteiger partial charge in [-0.15, -0.1) is 0 Å². The minimum absolute atomic E-state index is 0.0697. The molecule has 0 saturated carbocycles. The number of aryl methyl sites for hydroxylation is 6. The Balaban J connectivity index is 0.000000193. The van der Waals surface area contributed by atoms with Crippen molar-refractivity contribution in [1.82, 2.24) is 0 Å². The maximum absolute atomic E-state index is 10.7. The predicted octanol–water partition coefficient (Wildman–Crippen LogP) is 16.9. The van der Waals surface area contributed by atoms with Crippen molar-refractivity contribution in [3.05, 3.63) is 321 Å². The fraction of sp³-hybridized carbons (Fsp3) is 0.204. The van der Waals surface area contributed by atoms with Gasteiger partial charge in [-0.3, -0.25) is 30.0 Å². The Hall–Kier alpha value is -9.96. The number of para-hydroxylation sites is 2. The van der Waals surface area contributed by atoms with E-state index in [2.05, 4.69) is 170 Å². The molecule has 0 radical (unpaired) electrons. The summed E-state index contributed by atoms with van der Waals surface area (Å²) < 4.78 is 0. The van der Waals surface area contributed by atoms with E-state index in [4.69, 9.17) is 0 Å². The SMILES string of the molecule is CN=Cc1ccccc1Pc1cc(C(C)(C)C)cc(C)c1O.CN=Cc1ccccc1Pc1cc(C)cc(C(C)(C)C)c1O.CN=Cc1ccccc1Pc1cc(C)cc(C)c1O.CN=Cc1ccccc1Pc1cc(C)ccc1O.CN=Cc1ccccc1Pc1cccc(C)c1O.CN=Cc1ccccc1Pc1ccccc1O. The molecule has 0 bridgehead atoms. The van der Waals surface area contributed by atoms with E-state index in [0.717, 1.165) is 93.0 Å². The van der Waals surface area contributed by atoms with Crippen LogP contribution >= 0.6 is 51.5 Å². The van der Waals surface area contributed by atoms with Crippen molar-refractivity contribution in [1.29, 1.82) is 0 Å². The van der Waals surface area contributed by atoms with E-state index in [-0.39, 0.29) is 10.8 Å². The van der Waals surface area contributed by atoms with Crippen molar-refractivity contribution in [2.75, 3.05) is 42.3 Å². The molecule has 6 N–H and O–H groups in total. The molecule has 0 spiro atoms. The number of phenolic OH excluding ortho intramolecular Hbond substituents is 6. The van der Waals surface area contributed by atoms with Crippen LogP contribution < -0.4 is 63.7 Å². The first-order valence-corrected chi connectivity index (χ1v) is 44.0. The molecule has 12 aromatic rings. The number of hydrogen-bond donors (Lipinski definition) is 6. The van der Waals surface area contributed by atoms with Crippen LogP contribution in [0, 0.1) is 41.5 Å². The number of phenols is 6. The van der Waals surface area contributed by atoms with Gasteiger partial charge in [-0.25, -0.2) is 0 Å². The van der Waals surface area contributed by atoms with Gasteiger partial charge in [-0.05, 0) is 187 Å². The monoisotopic (exact) mass is 1650 g/mol. The first kappa shape index (κ1) is 93.2. The Kier molecular flexibility index (Phi) is 37.5. The fourth-order valence-corrected chi connectivity index (χ4v) is 19.6. The fourth-order valence-electron chi connectivity index (χ4n) is 11.9. The number of nitrogens with zero attached hydrogens (tertiary/aromatic N) is 6. The molecule has 18 heteroatoms. The second kappa shape index (κ2) is 46.7. The number of benzene rings is 12. The van der Waals surface area contributed by atoms with Crippen molar-refractivity contribution in [2.24, 2.45) is 30.0 Å². The second-order valence-corrected chi connectivity index (χ2v) is 37.4. The third kappa shape index (κ3) is 28.7. The van der Waals surface area contributed by atoms with Gasteiger partial charge in [0, 0.05) is 117 Å². The van der Waals surface area contributed by atoms with E-state index in [1.54, 1.807) is 54.4 Å². The Morgan fingerprint density at radius 2 is 0.517 bits per heavy atom. The molecule has 0 saturated heterocycles. The van der Waals surface area contributed by atoms with Gasteiger partial charge >= 0.3 is 0 Å². The normalized spacial score (nSPS) is 12.0. The third-order valence-corrected chi connectivity index (χ3v) is 26.3. The molecule has 116 heavy (non-hydrogen) atoms. The molecule has 6 unspecified atom stereocenters. The Morgan fingerprint density at radius 3 is 0.888 bits per heavy atom. The van der Waals surface area contributed by atoms with Gasteiger partial charge in [0.05, 0.1) is 0 Å². The summed E-state index contributed by atoms with van der Waals surface area (Å²) in [6.45, 7) is 25.0. The summed E-state index contributed by atoms with van der Waals surface area (Å²) in [5.74, 6) is 2.37. The first-order chi connectivity index (χ1) is 55.5. The van der Waals surface area contributed by atoms with Crippen LogP contribution in [-0.4, -0.2) is 110 Å². The van der Waals surface area contributed by atoms with Crippen LogP contribution in [0.15, 0.2) is 273 Å². The lowest BCUT2D eigenvalue weighted by molar-refractivity contribution is 0.450. The highest BCUT2D eigenvalue weighted by molar-refractivity contribution is 7.57. The Labute approximate surface area is 699 Å². The van der Waals surface area contributed by atoms with Crippen LogP contribution in [-0.2, 0) is 10.8 Å². The maximum Gasteiger partial charge on any atom is 0.127 e. The van der Waals surface area contributed by atoms with Gasteiger partial charge in [0.2, 0.25) is 0 Å². The lowest BCUT2D eigenvalue weighted by atomic mass is 9.85. The lowest BCUT2D eigenvalue weighted by Gasteiger charge is -2.23. The minimum atomic E-state index is -0.0697. The standard InChI is InChI=1S/2C19H24NOP.C16H18NOP.2C15H16NOP.C14H14NOP/c1-13-10-15(19(2,3)4)11-17(18(13)21)22-16-9-7-6-8-14(16)12-20-5;1-13-10-15(19(2,3)4)18(21)17(11-13)22-16-9-7-6-8-14(16)12-20-5;1-11-8-12(2)16(18)15(9-11)19-14-7-5-4-6-13(14)10-17-3;1-11-6-5-9-14(15(11)17)18-13-8-4-3-7-12(13)10-16-2;1-11-7-8-13(17)15(9-11)18-14-6-4-3-5-12(14)10-16-2;1-15-10-11-6-2-4-8-13(11)17-14-9-5-3-7-12(14)16/h2*6-12,21-22H,1-5H3;4-10,18-19H,1-3H3;2*3-10,17-18H,1-2H3;2-10,16-17H,1H3. The molecule has 0 aromatic heterocycles. The molecule has 0 aliphatic heterocycles. The summed E-state index contributed by atoms with van der Waals surface area (Å²) in [6.07, 6.45) is 11.2. The van der Waals surface area contributed by atoms with Crippen LogP contribution in [0.5, 0.6) is 34.5 Å². The van der Waals surface area contributed by atoms with Crippen molar-refractivity contribution >= 4 is 152 Å². The molecular weight excluding hydrogens is 1540 g/mol. The molecule has 12 rings (SSSR count). The average molecular weight is 1660 g/mol. The van der Waals surface area contributed by atoms with Crippen molar-refractivity contribution in [2.45, 2.75) is 93.9 Å². The van der Waals surface area contributed by atoms with E-state index in [1.165, 1.54) is 48.5 Å². The van der Waals surface area contributed by atoms with E-state index >= 15 is 0 Å². The van der Waals surface area contributed by atoms with Crippen molar-refractivity contribution in [3.8, 4) is 34.5 Å². The quantitative estimate of drug-likeness (QED) is 0.0365. The zero-order valence-electron chi connectivity index (χ0n) is 69.9. The van der Waals surface area contributed by atoms with E-state index < -0.39 is 0 Å². The molecule has 600 valence electrons. The van der Waals surface area contributed by atoms with E-state index in [1.807, 2.05) is 211 Å². The molecule has 12 aromatic carbocycles. The topological polar surface area (TPSA) is 196 Å². The number of rotatable bonds is 18. The third-order valence-electron chi connectivity index (χ3n) is 18.0. The van der Waals surface area contributed by atoms with Gasteiger partial charge < -0.3 is 30.6 Å². The molecule has 0 aliphatic carbocycles. The average Bonchev–Trinajstić information content (AvgIpc) is 0.766. The smallest absolute Gasteiger partial charge is 0.127 e. The van der Waals surface area contributed by atoms with Gasteiger partial charge in [0.1, 0.15) is 34.5 Å². The summed E-state index contributed by atoms with van der Waals surface area (Å²) in [5, 5.41) is 74.2. The molecule has 0 fully saturated rings. The van der Waals surface area contributed by atoms with E-state index in [9.17, 15) is 30.6 Å². The molecule has 6 atom stereocenters. The molecular formula is C98H112N6O6P6. The summed E-state index contributed by atoms with van der Waals surface area (Å²) in [4.78, 5) is 24.5. The highest BCUT2D eigenvalue weighted by Gasteiger charge is 2.22. The number of hydrogen-bond acceptors (Lipinski definition) is 12. The molecule has 12 nitrogen and oxygen atoms in total. The lowest BCUT2D eigenvalue weighted by Crippen LogP contribution is -2.17. The molecule has 0 aliphatic rings. The van der Waals surface area contributed by atoms with Crippen LogP contribution in [0.25, 0.3) is 0 Å². The summed E-state index contributed by atoms with van der Waals surface area (Å²) in [7, 11) is 13.2. The van der Waals surface area contributed by atoms with Crippen LogP contribution in [0.2, 0.25) is 0 Å². The van der Waals surface area contributed by atoms with Crippen LogP contribution in [0.4, 0.5) is 0 Å². The highest BCUT2D eigenvalue weighted by Crippen LogP contribution is 2.35. The number of aliphatic imine (C=N–C) groups is 6. The summed E-state index contributed by atoms with van der Waals surface area (Å²) in [5.41, 5.74) is 15.3. The maximum atomic E-state index is 10.7. The summed E-state index contributed by atoms with van der Waals surface area (Å²) in [6, 6.07) is 80.5. The molecule has 0 amide bonds. The van der Waals surface area contributed by atoms with Gasteiger partial charge in [0.15, 0.2) is 0 Å². The van der Waals surface area contributed by atoms with Crippen LogP contribution in [0.1, 0.15) is 119 Å². The zero-order chi connectivity index (χ0) is 84.5. The van der Waals surface area contributed by atoms with E-state index in [0.29, 0.717) is 86.0 Å². The largest absolute Gasteiger partial charge is 0.507 e. The predicted molar refractivity (Wildman–Crippen MR) is 520 cm³/mol.